The number of hydrogen-bond acceptors (Lipinski definition) is 0. The Morgan fingerprint density at radius 1 is 0.450 bits per heavy atom. The van der Waals surface area contributed by atoms with Crippen LogP contribution in [0.25, 0.3) is 11.1 Å². The highest BCUT2D eigenvalue weighted by molar-refractivity contribution is 5.81. The molecule has 3 rings (SSSR count). The van der Waals surface area contributed by atoms with Crippen LogP contribution in [-0.2, 0) is 0 Å². The van der Waals surface area contributed by atoms with Crippen LogP contribution in [-0.4, -0.2) is 0 Å². The van der Waals surface area contributed by atoms with Crippen molar-refractivity contribution in [2.45, 2.75) is 0 Å². The van der Waals surface area contributed by atoms with Gasteiger partial charge < -0.3 is 0 Å². The maximum atomic E-state index is 2.15. The molecule has 0 atom stereocenters. The molecule has 0 nitrogen and oxygen atoms in total. The summed E-state index contributed by atoms with van der Waals surface area (Å²) in [6, 6.07) is 20.9. The van der Waals surface area contributed by atoms with Crippen LogP contribution in [0.2, 0.25) is 0 Å². The molecule has 0 unspecified atom stereocenters. The molecule has 0 heterocycles. The molecule has 96 valence electrons. The summed E-state index contributed by atoms with van der Waals surface area (Å²) >= 11 is 0. The molecule has 0 saturated heterocycles. The zero-order chi connectivity index (χ0) is 13.6. The number of rotatable bonds is 2. The molecule has 0 aliphatic heterocycles. The van der Waals surface area contributed by atoms with Crippen molar-refractivity contribution in [1.82, 2.24) is 0 Å². The summed E-state index contributed by atoms with van der Waals surface area (Å²) in [6.45, 7) is 0. The van der Waals surface area contributed by atoms with Crippen LogP contribution in [0, 0.1) is 0 Å². The van der Waals surface area contributed by atoms with Gasteiger partial charge in [-0.3, -0.25) is 0 Å². The molecule has 0 aromatic heterocycles. The Balaban J connectivity index is 1.88. The molecule has 0 saturated carbocycles. The third kappa shape index (κ3) is 2.86. The first-order chi connectivity index (χ1) is 9.93. The summed E-state index contributed by atoms with van der Waals surface area (Å²) in [4.78, 5) is 0. The van der Waals surface area contributed by atoms with Crippen molar-refractivity contribution < 1.29 is 0 Å². The Hall–Kier alpha value is -2.60. The van der Waals surface area contributed by atoms with Gasteiger partial charge in [0.25, 0.3) is 0 Å². The average molecular weight is 256 g/mol. The Labute approximate surface area is 120 Å². The van der Waals surface area contributed by atoms with E-state index >= 15 is 0 Å². The molecule has 0 N–H and O–H groups in total. The van der Waals surface area contributed by atoms with Crippen LogP contribution in [0.15, 0.2) is 97.1 Å². The summed E-state index contributed by atoms with van der Waals surface area (Å²) in [6.07, 6.45) is 12.8. The van der Waals surface area contributed by atoms with Gasteiger partial charge in [0, 0.05) is 0 Å². The van der Waals surface area contributed by atoms with Gasteiger partial charge >= 0.3 is 0 Å². The lowest BCUT2D eigenvalue weighted by atomic mass is 10.00. The third-order valence-electron chi connectivity index (χ3n) is 3.32. The summed E-state index contributed by atoms with van der Waals surface area (Å²) < 4.78 is 0. The molecule has 0 spiro atoms. The molecule has 20 heavy (non-hydrogen) atoms. The van der Waals surface area contributed by atoms with Gasteiger partial charge in [0.2, 0.25) is 0 Å². The van der Waals surface area contributed by atoms with Gasteiger partial charge in [-0.05, 0) is 22.3 Å². The van der Waals surface area contributed by atoms with Crippen LogP contribution in [0.1, 0.15) is 11.1 Å². The van der Waals surface area contributed by atoms with Crippen LogP contribution < -0.4 is 0 Å². The van der Waals surface area contributed by atoms with E-state index in [1.165, 1.54) is 22.3 Å². The summed E-state index contributed by atoms with van der Waals surface area (Å²) in [5.41, 5.74) is 4.94. The van der Waals surface area contributed by atoms with E-state index in [9.17, 15) is 0 Å². The van der Waals surface area contributed by atoms with Crippen molar-refractivity contribution in [2.24, 2.45) is 0 Å². The second kappa shape index (κ2) is 6.03. The number of hydrogen-bond donors (Lipinski definition) is 0. The fraction of sp³-hybridized carbons (Fsp3) is 0. The first-order valence-corrected chi connectivity index (χ1v) is 6.81. The maximum Gasteiger partial charge on any atom is -0.0184 e. The topological polar surface area (TPSA) is 0 Å². The van der Waals surface area contributed by atoms with Crippen molar-refractivity contribution in [1.29, 1.82) is 0 Å². The van der Waals surface area contributed by atoms with Gasteiger partial charge in [-0.15, -0.1) is 0 Å². The predicted octanol–water partition coefficient (Wildman–Crippen LogP) is 5.28. The smallest absolute Gasteiger partial charge is 0.0184 e. The van der Waals surface area contributed by atoms with Crippen molar-refractivity contribution >= 4 is 11.1 Å². The van der Waals surface area contributed by atoms with Crippen LogP contribution in [0.5, 0.6) is 0 Å². The lowest BCUT2D eigenvalue weighted by Gasteiger charge is -2.05. The summed E-state index contributed by atoms with van der Waals surface area (Å²) in [5.74, 6) is 0. The fourth-order valence-corrected chi connectivity index (χ4v) is 2.27. The lowest BCUT2D eigenvalue weighted by Crippen LogP contribution is -1.83. The van der Waals surface area contributed by atoms with Crippen molar-refractivity contribution in [3.63, 3.8) is 0 Å². The van der Waals surface area contributed by atoms with E-state index in [-0.39, 0.29) is 0 Å². The van der Waals surface area contributed by atoms with E-state index in [2.05, 4.69) is 85.0 Å². The van der Waals surface area contributed by atoms with E-state index in [4.69, 9.17) is 0 Å². The third-order valence-corrected chi connectivity index (χ3v) is 3.32. The SMILES string of the molecule is C1=C/C(c2ccccc2)=C\C=C\C(c2ccccc2)=C/1. The minimum absolute atomic E-state index is 1.23. The normalized spacial score (nSPS) is 22.6. The quantitative estimate of drug-likeness (QED) is 0.685. The molecule has 0 fully saturated rings. The van der Waals surface area contributed by atoms with Gasteiger partial charge in [0.1, 0.15) is 0 Å². The zero-order valence-electron chi connectivity index (χ0n) is 11.2. The average Bonchev–Trinajstić information content (AvgIpc) is 2.49. The molecule has 2 aromatic rings. The summed E-state index contributed by atoms with van der Waals surface area (Å²) in [7, 11) is 0. The van der Waals surface area contributed by atoms with Gasteiger partial charge in [-0.1, -0.05) is 97.1 Å². The molecule has 0 heteroatoms. The van der Waals surface area contributed by atoms with Crippen molar-refractivity contribution in [3.05, 3.63) is 108 Å². The van der Waals surface area contributed by atoms with E-state index in [1.54, 1.807) is 0 Å². The molecule has 0 amide bonds. The largest absolute Gasteiger partial charge is 0.0622 e. The van der Waals surface area contributed by atoms with Crippen molar-refractivity contribution in [3.8, 4) is 0 Å². The minimum Gasteiger partial charge on any atom is -0.0622 e. The Kier molecular flexibility index (Phi) is 3.75. The van der Waals surface area contributed by atoms with E-state index in [0.717, 1.165) is 0 Å². The van der Waals surface area contributed by atoms with Gasteiger partial charge in [0.15, 0.2) is 0 Å². The van der Waals surface area contributed by atoms with E-state index in [1.807, 2.05) is 12.1 Å². The number of benzene rings is 2. The molecule has 0 radical (unpaired) electrons. The zero-order valence-corrected chi connectivity index (χ0v) is 11.2. The molecule has 2 aromatic carbocycles. The molecule has 0 bridgehead atoms. The summed E-state index contributed by atoms with van der Waals surface area (Å²) in [5, 5.41) is 0. The highest BCUT2D eigenvalue weighted by atomic mass is 14.0. The second-order valence-corrected chi connectivity index (χ2v) is 4.69. The molecule has 1 aliphatic carbocycles. The van der Waals surface area contributed by atoms with E-state index < -0.39 is 0 Å². The van der Waals surface area contributed by atoms with Crippen LogP contribution >= 0.6 is 0 Å². The first kappa shape index (κ1) is 12.4. The van der Waals surface area contributed by atoms with Gasteiger partial charge in [-0.2, -0.15) is 0 Å². The van der Waals surface area contributed by atoms with Gasteiger partial charge in [0.05, 0.1) is 0 Å². The Morgan fingerprint density at radius 2 is 0.850 bits per heavy atom. The molecule has 1 aliphatic rings. The highest BCUT2D eigenvalue weighted by Crippen LogP contribution is 2.21. The Morgan fingerprint density at radius 3 is 1.25 bits per heavy atom. The van der Waals surface area contributed by atoms with Crippen LogP contribution in [0.4, 0.5) is 0 Å². The second-order valence-electron chi connectivity index (χ2n) is 4.69. The minimum atomic E-state index is 1.23. The lowest BCUT2D eigenvalue weighted by molar-refractivity contribution is 1.60. The highest BCUT2D eigenvalue weighted by Gasteiger charge is 1.99. The van der Waals surface area contributed by atoms with Gasteiger partial charge in [-0.25, -0.2) is 0 Å². The van der Waals surface area contributed by atoms with Crippen molar-refractivity contribution in [2.75, 3.05) is 0 Å². The van der Waals surface area contributed by atoms with Crippen LogP contribution in [0.3, 0.4) is 0 Å². The molecular weight excluding hydrogens is 240 g/mol. The Bertz CT molecular complexity index is 620. The predicted molar refractivity (Wildman–Crippen MR) is 87.1 cm³/mol. The fourth-order valence-electron chi connectivity index (χ4n) is 2.27. The molecular formula is C20H16. The number of allylic oxidation sites excluding steroid dienone is 8. The first-order valence-electron chi connectivity index (χ1n) is 6.81. The van der Waals surface area contributed by atoms with E-state index in [0.29, 0.717) is 0 Å². The monoisotopic (exact) mass is 256 g/mol. The maximum absolute atomic E-state index is 2.15. The standard InChI is InChI=1S/C20H16/c1-3-9-17(10-4-1)19-13-7-15-20(16-8-14-19)18-11-5-2-6-12-18/h1-16H/b13-7+,14-8?,15-7?,16-8+,19-13?,19-14+,20-15+,20-16?.